The predicted molar refractivity (Wildman–Crippen MR) is 304 cm³/mol. The molecule has 0 aromatic carbocycles. The topological polar surface area (TPSA) is 231 Å². The van der Waals surface area contributed by atoms with Crippen molar-refractivity contribution in [1.29, 1.82) is 0 Å². The van der Waals surface area contributed by atoms with Crippen LogP contribution in [0.15, 0.2) is 18.2 Å². The van der Waals surface area contributed by atoms with E-state index in [1.165, 1.54) is 141 Å². The Bertz CT molecular complexity index is 1720. The second-order valence-corrected chi connectivity index (χ2v) is 22.5. The molecular weight excluding hydrogens is 1000 g/mol. The normalized spacial score (nSPS) is 13.1. The molecule has 0 saturated carbocycles. The van der Waals surface area contributed by atoms with E-state index in [2.05, 4.69) is 24.1 Å². The number of carbonyl (C=O) groups excluding carboxylic acids is 3. The van der Waals surface area contributed by atoms with Gasteiger partial charge in [0.05, 0.1) is 25.5 Å². The molecule has 4 N–H and O–H groups in total. The van der Waals surface area contributed by atoms with Crippen LogP contribution >= 0.6 is 7.82 Å². The summed E-state index contributed by atoms with van der Waals surface area (Å²) >= 11 is 0. The highest BCUT2D eigenvalue weighted by molar-refractivity contribution is 7.47. The van der Waals surface area contributed by atoms with Gasteiger partial charge in [0, 0.05) is 51.1 Å². The quantitative estimate of drug-likeness (QED) is 0.0270. The lowest BCUT2D eigenvalue weighted by Gasteiger charge is -2.30. The van der Waals surface area contributed by atoms with Gasteiger partial charge < -0.3 is 29.9 Å². The molecule has 0 aliphatic carbocycles. The van der Waals surface area contributed by atoms with Gasteiger partial charge in [0.25, 0.3) is 0 Å². The number of aryl methyl sites for hydroxylation is 1. The van der Waals surface area contributed by atoms with Crippen molar-refractivity contribution in [2.45, 2.75) is 265 Å². The molecule has 1 aromatic heterocycles. The molecule has 0 aliphatic rings. The van der Waals surface area contributed by atoms with Gasteiger partial charge in [-0.2, -0.15) is 0 Å². The lowest BCUT2D eigenvalue weighted by molar-refractivity contribution is -0.161. The molecule has 1 rings (SSSR count). The summed E-state index contributed by atoms with van der Waals surface area (Å²) in [6, 6.07) is 4.31. The predicted octanol–water partition coefficient (Wildman–Crippen LogP) is 13.1. The molecule has 1 heterocycles. The van der Waals surface area contributed by atoms with Crippen molar-refractivity contribution in [2.24, 2.45) is 0 Å². The maximum absolute atomic E-state index is 13.0. The summed E-state index contributed by atoms with van der Waals surface area (Å²) in [4.78, 5) is 80.9. The van der Waals surface area contributed by atoms with Crippen LogP contribution in [-0.2, 0) is 53.6 Å². The number of rotatable bonds is 55. The average molecular weight is 1110 g/mol. The highest BCUT2D eigenvalue weighted by Crippen LogP contribution is 2.43. The molecule has 0 spiro atoms. The molecule has 0 radical (unpaired) electrons. The summed E-state index contributed by atoms with van der Waals surface area (Å²) in [6.45, 7) is 7.45. The van der Waals surface area contributed by atoms with Crippen LogP contribution in [0.1, 0.15) is 250 Å². The van der Waals surface area contributed by atoms with Gasteiger partial charge in [-0.15, -0.1) is 0 Å². The van der Waals surface area contributed by atoms with E-state index >= 15 is 0 Å². The maximum Gasteiger partial charge on any atom is 0.472 e. The number of carboxylic acid groups (broad SMARTS) is 2. The minimum absolute atomic E-state index is 0.0793. The van der Waals surface area contributed by atoms with Gasteiger partial charge in [0.2, 0.25) is 5.91 Å². The Balaban J connectivity index is 2.64. The zero-order valence-electron chi connectivity index (χ0n) is 48.5. The Morgan fingerprint density at radius 2 is 1.10 bits per heavy atom. The number of unbranched alkanes of at least 4 members (excludes halogenated alkanes) is 28. The number of pyridine rings is 1. The third kappa shape index (κ3) is 43.1. The number of aromatic nitrogens is 1. The van der Waals surface area contributed by atoms with E-state index in [4.69, 9.17) is 18.5 Å². The number of ether oxygens (including phenoxy) is 2. The Hall–Kier alpha value is -3.47. The van der Waals surface area contributed by atoms with Gasteiger partial charge in [-0.3, -0.25) is 47.8 Å². The van der Waals surface area contributed by atoms with Crippen molar-refractivity contribution < 1.29 is 62.2 Å². The van der Waals surface area contributed by atoms with Gasteiger partial charge in [-0.1, -0.05) is 207 Å². The standard InChI is InChI=1S/C59H107N4O13P/c1-5-8-10-12-14-16-18-20-22-24-26-28-30-32-34-39-57(67)73-49-53(76-58(68)40-35-33-31-29-27-25-23-21-19-17-15-13-11-9-6-2)50-75-77(71,72)74-46-43-60-55(64)42-41-54(59(69)70)63(45-44-62(7-3)48-56(65)66)47-52-38-36-37-51(4)61-52/h36-38,53-54H,5-35,39-50H2,1-4H3,(H,60,64)(H,65,66)(H,69,70)(H,71,72). The lowest BCUT2D eigenvalue weighted by Crippen LogP contribution is -2.46. The summed E-state index contributed by atoms with van der Waals surface area (Å²) in [5, 5.41) is 22.1. The second kappa shape index (κ2) is 48.4. The molecule has 17 nitrogen and oxygen atoms in total. The number of hydrogen-bond donors (Lipinski definition) is 4. The fraction of sp³-hybridized carbons (Fsp3) is 0.831. The summed E-state index contributed by atoms with van der Waals surface area (Å²) in [5.74, 6) is -3.65. The van der Waals surface area contributed by atoms with Gasteiger partial charge in [-0.05, 0) is 44.9 Å². The number of hydrogen-bond acceptors (Lipinski definition) is 13. The zero-order chi connectivity index (χ0) is 56.6. The summed E-state index contributed by atoms with van der Waals surface area (Å²) < 4.78 is 34.3. The van der Waals surface area contributed by atoms with Gasteiger partial charge in [0.1, 0.15) is 12.6 Å². The third-order valence-electron chi connectivity index (χ3n) is 14.0. The van der Waals surface area contributed by atoms with Crippen LogP contribution in [0.5, 0.6) is 0 Å². The number of amides is 1. The van der Waals surface area contributed by atoms with E-state index < -0.39 is 63.0 Å². The first-order valence-corrected chi connectivity index (χ1v) is 31.8. The second-order valence-electron chi connectivity index (χ2n) is 21.0. The lowest BCUT2D eigenvalue weighted by atomic mass is 10.0. The molecule has 0 aliphatic heterocycles. The molecule has 1 amide bonds. The van der Waals surface area contributed by atoms with Crippen molar-refractivity contribution in [3.63, 3.8) is 0 Å². The Morgan fingerprint density at radius 1 is 0.623 bits per heavy atom. The number of esters is 2. The van der Waals surface area contributed by atoms with E-state index in [0.717, 1.165) is 44.2 Å². The highest BCUT2D eigenvalue weighted by Gasteiger charge is 2.29. The molecule has 77 heavy (non-hydrogen) atoms. The minimum Gasteiger partial charge on any atom is -0.480 e. The van der Waals surface area contributed by atoms with Crippen molar-refractivity contribution >= 4 is 37.6 Å². The van der Waals surface area contributed by atoms with Gasteiger partial charge in [0.15, 0.2) is 6.10 Å². The first-order valence-electron chi connectivity index (χ1n) is 30.3. The number of aliphatic carboxylic acids is 2. The van der Waals surface area contributed by atoms with Crippen LogP contribution in [0.3, 0.4) is 0 Å². The van der Waals surface area contributed by atoms with E-state index in [1.807, 2.05) is 26.0 Å². The first kappa shape index (κ1) is 71.5. The Morgan fingerprint density at radius 3 is 1.56 bits per heavy atom. The zero-order valence-corrected chi connectivity index (χ0v) is 49.4. The highest BCUT2D eigenvalue weighted by atomic mass is 31.2. The number of likely N-dealkylation sites (N-methyl/N-ethyl adjacent to an activating group) is 1. The van der Waals surface area contributed by atoms with E-state index in [-0.39, 0.29) is 65.0 Å². The average Bonchev–Trinajstić information content (AvgIpc) is 3.39. The third-order valence-corrected chi connectivity index (χ3v) is 15.0. The summed E-state index contributed by atoms with van der Waals surface area (Å²) in [6.07, 6.45) is 35.0. The number of nitrogens with zero attached hydrogens (tertiary/aromatic N) is 3. The van der Waals surface area contributed by atoms with Crippen LogP contribution in [-0.4, -0.2) is 124 Å². The van der Waals surface area contributed by atoms with E-state index in [0.29, 0.717) is 25.1 Å². The van der Waals surface area contributed by atoms with Crippen molar-refractivity contribution in [1.82, 2.24) is 20.1 Å². The van der Waals surface area contributed by atoms with Crippen LogP contribution in [0, 0.1) is 6.92 Å². The first-order chi connectivity index (χ1) is 37.2. The number of phosphoric acid groups is 1. The molecule has 1 aromatic rings. The molecule has 0 saturated heterocycles. The summed E-state index contributed by atoms with van der Waals surface area (Å²) in [7, 11) is -4.73. The van der Waals surface area contributed by atoms with E-state index in [1.54, 1.807) is 15.9 Å². The maximum atomic E-state index is 13.0. The van der Waals surface area contributed by atoms with Crippen molar-refractivity contribution in [3.8, 4) is 0 Å². The molecule has 0 bridgehead atoms. The fourth-order valence-corrected chi connectivity index (χ4v) is 10.1. The molecule has 3 unspecified atom stereocenters. The van der Waals surface area contributed by atoms with Crippen LogP contribution < -0.4 is 5.32 Å². The van der Waals surface area contributed by atoms with Crippen LogP contribution in [0.4, 0.5) is 0 Å². The number of phosphoric ester groups is 1. The van der Waals surface area contributed by atoms with E-state index in [9.17, 15) is 43.6 Å². The SMILES string of the molecule is CCCCCCCCCCCCCCCCCC(=O)OCC(COP(=O)(O)OCCNC(=O)CCC(C(=O)O)N(CCN(CC)CC(=O)O)Cc1cccc(C)n1)OC(=O)CCCCCCCCCCCCCCCCC. The van der Waals surface area contributed by atoms with Crippen LogP contribution in [0.25, 0.3) is 0 Å². The Kier molecular flexibility index (Phi) is 45.0. The largest absolute Gasteiger partial charge is 0.480 e. The van der Waals surface area contributed by atoms with Gasteiger partial charge in [-0.25, -0.2) is 4.57 Å². The number of nitrogens with one attached hydrogen (secondary N) is 1. The molecule has 18 heteroatoms. The summed E-state index contributed by atoms with van der Waals surface area (Å²) in [5.41, 5.74) is 1.38. The van der Waals surface area contributed by atoms with Gasteiger partial charge >= 0.3 is 31.7 Å². The fourth-order valence-electron chi connectivity index (χ4n) is 9.34. The molecule has 3 atom stereocenters. The monoisotopic (exact) mass is 1110 g/mol. The number of carboxylic acids is 2. The molecule has 0 fully saturated rings. The minimum atomic E-state index is -4.73. The van der Waals surface area contributed by atoms with Crippen molar-refractivity contribution in [2.75, 3.05) is 52.5 Å². The van der Waals surface area contributed by atoms with Crippen molar-refractivity contribution in [3.05, 3.63) is 29.6 Å². The van der Waals surface area contributed by atoms with Crippen LogP contribution in [0.2, 0.25) is 0 Å². The Labute approximate surface area is 465 Å². The smallest absolute Gasteiger partial charge is 0.472 e. The number of carbonyl (C=O) groups is 5. The molecule has 446 valence electrons. The molecular formula is C59H107N4O13P.